The molecule has 3 aromatic rings. The molecule has 5 nitrogen and oxygen atoms in total. The first-order chi connectivity index (χ1) is 12.3. The van der Waals surface area contributed by atoms with Crippen LogP contribution in [0.5, 0.6) is 5.75 Å². The van der Waals surface area contributed by atoms with Crippen molar-refractivity contribution < 1.29 is 19.4 Å². The third-order valence-corrected chi connectivity index (χ3v) is 4.99. The standard InChI is InChI=1S/C19H16ClNO4S/c1-10-16(17(26)19(23)24)14-9-13(25-2)7-8-15(14)21(10)18(22)11-3-5-12(20)6-4-11/h3-9,17,26H,1-2H3,(H,23,24). The molecule has 0 fully saturated rings. The van der Waals surface area contributed by atoms with Crippen molar-refractivity contribution in [1.29, 1.82) is 0 Å². The lowest BCUT2D eigenvalue weighted by atomic mass is 10.1. The van der Waals surface area contributed by atoms with E-state index in [0.717, 1.165) is 0 Å². The van der Waals surface area contributed by atoms with Gasteiger partial charge in [-0.3, -0.25) is 14.2 Å². The predicted octanol–water partition coefficient (Wildman–Crippen LogP) is 4.36. The quantitative estimate of drug-likeness (QED) is 0.651. The molecule has 0 aliphatic carbocycles. The van der Waals surface area contributed by atoms with Gasteiger partial charge in [0.25, 0.3) is 5.91 Å². The zero-order valence-electron chi connectivity index (χ0n) is 14.1. The second kappa shape index (κ2) is 7.05. The number of nitrogens with zero attached hydrogens (tertiary/aromatic N) is 1. The molecule has 0 amide bonds. The number of aromatic nitrogens is 1. The van der Waals surface area contributed by atoms with Crippen LogP contribution in [0.1, 0.15) is 26.9 Å². The van der Waals surface area contributed by atoms with E-state index in [-0.39, 0.29) is 5.91 Å². The fourth-order valence-corrected chi connectivity index (χ4v) is 3.45. The number of methoxy groups -OCH3 is 1. The van der Waals surface area contributed by atoms with E-state index in [1.165, 1.54) is 11.7 Å². The largest absolute Gasteiger partial charge is 0.497 e. The first-order valence-corrected chi connectivity index (χ1v) is 8.64. The smallest absolute Gasteiger partial charge is 0.320 e. The number of thiol groups is 1. The maximum Gasteiger partial charge on any atom is 0.320 e. The third-order valence-electron chi connectivity index (χ3n) is 4.26. The van der Waals surface area contributed by atoms with E-state index in [4.69, 9.17) is 16.3 Å². The summed E-state index contributed by atoms with van der Waals surface area (Å²) in [6.45, 7) is 1.71. The van der Waals surface area contributed by atoms with Crippen LogP contribution in [0.2, 0.25) is 5.02 Å². The molecule has 0 spiro atoms. The number of carboxylic acid groups (broad SMARTS) is 1. The number of hydrogen-bond acceptors (Lipinski definition) is 4. The maximum atomic E-state index is 13.1. The van der Waals surface area contributed by atoms with Gasteiger partial charge >= 0.3 is 5.97 Å². The van der Waals surface area contributed by atoms with Crippen LogP contribution in [0, 0.1) is 6.92 Å². The van der Waals surface area contributed by atoms with E-state index in [0.29, 0.717) is 38.5 Å². The van der Waals surface area contributed by atoms with E-state index < -0.39 is 11.2 Å². The number of fused-ring (bicyclic) bond motifs is 1. The van der Waals surface area contributed by atoms with Crippen molar-refractivity contribution in [3.05, 3.63) is 64.3 Å². The Hall–Kier alpha value is -2.44. The van der Waals surface area contributed by atoms with E-state index >= 15 is 0 Å². The Balaban J connectivity index is 2.28. The van der Waals surface area contributed by atoms with Crippen molar-refractivity contribution >= 4 is 47.0 Å². The lowest BCUT2D eigenvalue weighted by Gasteiger charge is -2.09. The predicted molar refractivity (Wildman–Crippen MR) is 104 cm³/mol. The summed E-state index contributed by atoms with van der Waals surface area (Å²) < 4.78 is 6.74. The van der Waals surface area contributed by atoms with Gasteiger partial charge in [0.05, 0.1) is 12.6 Å². The van der Waals surface area contributed by atoms with E-state index in [2.05, 4.69) is 12.6 Å². The van der Waals surface area contributed by atoms with Crippen molar-refractivity contribution in [2.24, 2.45) is 0 Å². The van der Waals surface area contributed by atoms with Crippen LogP contribution in [0.3, 0.4) is 0 Å². The fraction of sp³-hybridized carbons (Fsp3) is 0.158. The molecule has 0 bridgehead atoms. The normalized spacial score (nSPS) is 12.2. The summed E-state index contributed by atoms with van der Waals surface area (Å²) in [5.74, 6) is -0.787. The minimum atomic E-state index is -1.09. The van der Waals surface area contributed by atoms with E-state index in [9.17, 15) is 14.7 Å². The summed E-state index contributed by atoms with van der Waals surface area (Å²) in [6.07, 6.45) is 0. The van der Waals surface area contributed by atoms with Crippen molar-refractivity contribution in [2.45, 2.75) is 12.2 Å². The van der Waals surface area contributed by atoms with Gasteiger partial charge < -0.3 is 9.84 Å². The molecule has 0 aliphatic rings. The Morgan fingerprint density at radius 2 is 1.85 bits per heavy atom. The molecule has 2 aromatic carbocycles. The lowest BCUT2D eigenvalue weighted by molar-refractivity contribution is -0.136. The molecule has 1 aromatic heterocycles. The average Bonchev–Trinajstić information content (AvgIpc) is 2.91. The van der Waals surface area contributed by atoms with Crippen LogP contribution in [-0.2, 0) is 4.79 Å². The number of carboxylic acids is 1. The summed E-state index contributed by atoms with van der Waals surface area (Å²) in [6, 6.07) is 11.7. The fourth-order valence-electron chi connectivity index (χ4n) is 3.00. The van der Waals surface area contributed by atoms with Gasteiger partial charge in [0.2, 0.25) is 0 Å². The number of hydrogen-bond donors (Lipinski definition) is 2. The molecular formula is C19H16ClNO4S. The van der Waals surface area contributed by atoms with Crippen molar-refractivity contribution in [3.63, 3.8) is 0 Å². The third kappa shape index (κ3) is 3.06. The van der Waals surface area contributed by atoms with Crippen LogP contribution in [0.25, 0.3) is 10.9 Å². The van der Waals surface area contributed by atoms with E-state index in [1.807, 2.05) is 0 Å². The van der Waals surface area contributed by atoms with Crippen LogP contribution in [0.4, 0.5) is 0 Å². The molecule has 26 heavy (non-hydrogen) atoms. The zero-order valence-corrected chi connectivity index (χ0v) is 15.7. The molecule has 1 atom stereocenters. The van der Waals surface area contributed by atoms with Crippen molar-refractivity contribution in [3.8, 4) is 5.75 Å². The second-order valence-electron chi connectivity index (χ2n) is 5.77. The number of carbonyl (C=O) groups is 2. The maximum absolute atomic E-state index is 13.1. The molecule has 7 heteroatoms. The summed E-state index contributed by atoms with van der Waals surface area (Å²) in [4.78, 5) is 24.6. The summed E-state index contributed by atoms with van der Waals surface area (Å²) in [5.41, 5.74) is 2.04. The highest BCUT2D eigenvalue weighted by molar-refractivity contribution is 7.81. The number of ether oxygens (including phenoxy) is 1. The van der Waals surface area contributed by atoms with Crippen LogP contribution < -0.4 is 4.74 Å². The minimum Gasteiger partial charge on any atom is -0.497 e. The summed E-state index contributed by atoms with van der Waals surface area (Å²) >= 11 is 10.1. The van der Waals surface area contributed by atoms with Crippen molar-refractivity contribution in [2.75, 3.05) is 7.11 Å². The Labute approximate surface area is 160 Å². The SMILES string of the molecule is COc1ccc2c(c1)c(C(S)C(=O)O)c(C)n2C(=O)c1ccc(Cl)cc1. The molecular weight excluding hydrogens is 374 g/mol. The number of halogens is 1. The minimum absolute atomic E-state index is 0.272. The molecule has 134 valence electrons. The van der Waals surface area contributed by atoms with Crippen LogP contribution in [-0.4, -0.2) is 28.7 Å². The highest BCUT2D eigenvalue weighted by Crippen LogP contribution is 2.36. The molecule has 0 saturated heterocycles. The molecule has 0 radical (unpaired) electrons. The van der Waals surface area contributed by atoms with Gasteiger partial charge in [0, 0.05) is 27.2 Å². The second-order valence-corrected chi connectivity index (χ2v) is 6.72. The number of benzene rings is 2. The van der Waals surface area contributed by atoms with Gasteiger partial charge in [0.15, 0.2) is 0 Å². The number of carbonyl (C=O) groups excluding carboxylic acids is 1. The molecule has 1 N–H and O–H groups in total. The highest BCUT2D eigenvalue weighted by atomic mass is 35.5. The molecule has 1 unspecified atom stereocenters. The van der Waals surface area contributed by atoms with Gasteiger partial charge in [-0.05, 0) is 49.4 Å². The average molecular weight is 390 g/mol. The Kier molecular flexibility index (Phi) is 4.98. The molecule has 3 rings (SSSR count). The Morgan fingerprint density at radius 1 is 1.19 bits per heavy atom. The van der Waals surface area contributed by atoms with Gasteiger partial charge in [-0.2, -0.15) is 12.6 Å². The van der Waals surface area contributed by atoms with Gasteiger partial charge in [0.1, 0.15) is 11.0 Å². The van der Waals surface area contributed by atoms with Gasteiger partial charge in [-0.25, -0.2) is 0 Å². The summed E-state index contributed by atoms with van der Waals surface area (Å²) in [5, 5.41) is 9.51. The molecule has 0 saturated carbocycles. The first kappa shape index (κ1) is 18.4. The van der Waals surface area contributed by atoms with Crippen molar-refractivity contribution in [1.82, 2.24) is 4.57 Å². The van der Waals surface area contributed by atoms with Crippen LogP contribution >= 0.6 is 24.2 Å². The number of aliphatic carboxylic acids is 1. The molecule has 0 aliphatic heterocycles. The monoisotopic (exact) mass is 389 g/mol. The lowest BCUT2D eigenvalue weighted by Crippen LogP contribution is -2.14. The highest BCUT2D eigenvalue weighted by Gasteiger charge is 2.27. The first-order valence-electron chi connectivity index (χ1n) is 7.75. The van der Waals surface area contributed by atoms with E-state index in [1.54, 1.807) is 49.4 Å². The Morgan fingerprint density at radius 3 is 2.42 bits per heavy atom. The molecule has 1 heterocycles. The van der Waals surface area contributed by atoms with Crippen LogP contribution in [0.15, 0.2) is 42.5 Å². The van der Waals surface area contributed by atoms with Gasteiger partial charge in [-0.15, -0.1) is 0 Å². The topological polar surface area (TPSA) is 68.5 Å². The number of rotatable bonds is 4. The zero-order chi connectivity index (χ0) is 19.0. The van der Waals surface area contributed by atoms with Gasteiger partial charge in [-0.1, -0.05) is 11.6 Å². The summed E-state index contributed by atoms with van der Waals surface area (Å²) in [7, 11) is 1.53. The Bertz CT molecular complexity index is 1010.